The number of aromatic nitrogens is 6. The Kier molecular flexibility index (Phi) is 11.1. The summed E-state index contributed by atoms with van der Waals surface area (Å²) in [5.41, 5.74) is 19.7. The van der Waals surface area contributed by atoms with Gasteiger partial charge in [0, 0.05) is 87.4 Å². The molecule has 0 aliphatic carbocycles. The number of nitriles is 3. The predicted molar refractivity (Wildman–Crippen MR) is 392 cm³/mol. The molecule has 14 aromatic carbocycles. The normalized spacial score (nSPS) is 11.9. The van der Waals surface area contributed by atoms with Crippen molar-refractivity contribution in [3.63, 3.8) is 0 Å². The lowest BCUT2D eigenvalue weighted by molar-refractivity contribution is 1.10. The summed E-state index contributed by atoms with van der Waals surface area (Å²) in [4.78, 5) is 0. The van der Waals surface area contributed by atoms with Crippen molar-refractivity contribution in [2.45, 2.75) is 0 Å². The molecule has 0 bridgehead atoms. The third-order valence-electron chi connectivity index (χ3n) is 20.0. The van der Waals surface area contributed by atoms with Gasteiger partial charge >= 0.3 is 0 Å². The molecule has 0 saturated heterocycles. The Morgan fingerprint density at radius 1 is 0.188 bits per heavy atom. The van der Waals surface area contributed by atoms with Crippen molar-refractivity contribution in [2.75, 3.05) is 0 Å². The monoisotopic (exact) mass is 1220 g/mol. The minimum atomic E-state index is 0.350. The maximum atomic E-state index is 12.7. The van der Waals surface area contributed by atoms with E-state index in [1.165, 1.54) is 0 Å². The van der Waals surface area contributed by atoms with E-state index in [2.05, 4.69) is 325 Å². The maximum absolute atomic E-state index is 12.7. The molecule has 442 valence electrons. The van der Waals surface area contributed by atoms with Crippen molar-refractivity contribution in [3.8, 4) is 63.5 Å². The summed E-state index contributed by atoms with van der Waals surface area (Å²) in [6, 6.07) is 113. The van der Waals surface area contributed by atoms with Crippen LogP contribution in [0.3, 0.4) is 0 Å². The zero-order chi connectivity index (χ0) is 63.4. The van der Waals surface area contributed by atoms with Crippen molar-refractivity contribution in [1.82, 2.24) is 27.4 Å². The van der Waals surface area contributed by atoms with Crippen LogP contribution in [0.5, 0.6) is 0 Å². The molecule has 9 heteroatoms. The Bertz CT molecular complexity index is 5990. The van der Waals surface area contributed by atoms with Gasteiger partial charge in [0.05, 0.1) is 101 Å². The van der Waals surface area contributed by atoms with Crippen LogP contribution >= 0.6 is 0 Å². The molecule has 0 aliphatic rings. The van der Waals surface area contributed by atoms with Gasteiger partial charge in [-0.1, -0.05) is 170 Å². The average Bonchev–Trinajstić information content (AvgIpc) is 1.55. The molecule has 0 N–H and O–H groups in total. The third-order valence-corrected chi connectivity index (χ3v) is 20.0. The minimum absolute atomic E-state index is 0.350. The van der Waals surface area contributed by atoms with Crippen LogP contribution in [0, 0.1) is 34.0 Å². The molecule has 20 rings (SSSR count). The summed E-state index contributed by atoms with van der Waals surface area (Å²) in [7, 11) is 0. The minimum Gasteiger partial charge on any atom is -0.309 e. The fraction of sp³-hybridized carbons (Fsp3) is 0. The second kappa shape index (κ2) is 20.2. The van der Waals surface area contributed by atoms with Crippen LogP contribution in [-0.4, -0.2) is 27.4 Å². The largest absolute Gasteiger partial charge is 0.309 e. The van der Waals surface area contributed by atoms with E-state index in [-0.39, 0.29) is 0 Å². The first-order valence-corrected chi connectivity index (χ1v) is 32.2. The second-order valence-electron chi connectivity index (χ2n) is 25.0. The zero-order valence-corrected chi connectivity index (χ0v) is 51.3. The van der Waals surface area contributed by atoms with Crippen LogP contribution in [-0.2, 0) is 0 Å². The molecule has 0 radical (unpaired) electrons. The highest BCUT2D eigenvalue weighted by molar-refractivity contribution is 6.17. The summed E-state index contributed by atoms with van der Waals surface area (Å²) < 4.78 is 14.0. The van der Waals surface area contributed by atoms with Gasteiger partial charge in [-0.25, -0.2) is 0 Å². The number of rotatable bonds is 7. The molecule has 0 atom stereocenters. The maximum Gasteiger partial charge on any atom is 0.104 e. The van der Waals surface area contributed by atoms with Crippen LogP contribution in [0.15, 0.2) is 297 Å². The third kappa shape index (κ3) is 7.46. The number of nitrogens with zero attached hydrogens (tertiary/aromatic N) is 9. The molecule has 6 aromatic heterocycles. The number of hydrogen-bond donors (Lipinski definition) is 0. The SMILES string of the molecule is N#Cc1cc(C#N)cc(-c2cc(-n3c4cc(-n5c6ccccc6c6ccccc65)ccc4c4ccc(-n5c6ccccc6c6ccccc65)cc43)c(C#N)c(-n3c4cc(-n5c6ccccc6c6ccccc65)ccc4c4ccc(-n5c6ccccc6c6ccccc65)cc43)c2)c1. The van der Waals surface area contributed by atoms with E-state index in [1.54, 1.807) is 6.07 Å². The Hall–Kier alpha value is -13.7. The number of fused-ring (bicyclic) bond motifs is 18. The van der Waals surface area contributed by atoms with Gasteiger partial charge in [0.15, 0.2) is 0 Å². The highest BCUT2D eigenvalue weighted by atomic mass is 15.1. The molecule has 0 amide bonds. The van der Waals surface area contributed by atoms with E-state index >= 15 is 0 Å². The smallest absolute Gasteiger partial charge is 0.104 e. The van der Waals surface area contributed by atoms with Gasteiger partial charge in [0.2, 0.25) is 0 Å². The van der Waals surface area contributed by atoms with Crippen molar-refractivity contribution in [2.24, 2.45) is 0 Å². The Balaban J connectivity index is 0.950. The number of hydrogen-bond acceptors (Lipinski definition) is 3. The number of benzene rings is 14. The molecule has 0 unspecified atom stereocenters. The summed E-state index contributed by atoms with van der Waals surface area (Å²) in [6.07, 6.45) is 0. The molecule has 96 heavy (non-hydrogen) atoms. The summed E-state index contributed by atoms with van der Waals surface area (Å²) in [5, 5.41) is 47.4. The molecule has 0 aliphatic heterocycles. The van der Waals surface area contributed by atoms with Crippen LogP contribution in [0.1, 0.15) is 16.7 Å². The highest BCUT2D eigenvalue weighted by Gasteiger charge is 2.27. The summed E-state index contributed by atoms with van der Waals surface area (Å²) >= 11 is 0. The van der Waals surface area contributed by atoms with E-state index in [0.29, 0.717) is 39.2 Å². The Morgan fingerprint density at radius 3 is 0.635 bits per heavy atom. The summed E-state index contributed by atoms with van der Waals surface area (Å²) in [6.45, 7) is 0. The van der Waals surface area contributed by atoms with E-state index in [9.17, 15) is 15.8 Å². The van der Waals surface area contributed by atoms with E-state index in [1.807, 2.05) is 12.1 Å². The molecular weight excluding hydrogens is 1170 g/mol. The molecule has 0 fully saturated rings. The quantitative estimate of drug-likeness (QED) is 0.159. The Morgan fingerprint density at radius 2 is 0.406 bits per heavy atom. The second-order valence-corrected chi connectivity index (χ2v) is 25.0. The fourth-order valence-corrected chi connectivity index (χ4v) is 16.0. The molecule has 0 spiro atoms. The van der Waals surface area contributed by atoms with Gasteiger partial charge in [0.1, 0.15) is 11.6 Å². The van der Waals surface area contributed by atoms with Gasteiger partial charge in [-0.3, -0.25) is 0 Å². The molecule has 9 nitrogen and oxygen atoms in total. The predicted octanol–water partition coefficient (Wildman–Crippen LogP) is 21.6. The van der Waals surface area contributed by atoms with Crippen LogP contribution in [0.4, 0.5) is 0 Å². The van der Waals surface area contributed by atoms with Crippen molar-refractivity contribution in [1.29, 1.82) is 15.8 Å². The number of para-hydroxylation sites is 8. The first-order valence-electron chi connectivity index (χ1n) is 32.2. The van der Waals surface area contributed by atoms with E-state index in [4.69, 9.17) is 0 Å². The van der Waals surface area contributed by atoms with Crippen LogP contribution in [0.25, 0.3) is 176 Å². The van der Waals surface area contributed by atoms with Crippen LogP contribution in [0.2, 0.25) is 0 Å². The molecule has 0 saturated carbocycles. The van der Waals surface area contributed by atoms with E-state index < -0.39 is 0 Å². The average molecular weight is 1220 g/mol. The van der Waals surface area contributed by atoms with Gasteiger partial charge in [0.25, 0.3) is 0 Å². The van der Waals surface area contributed by atoms with Crippen molar-refractivity contribution < 1.29 is 0 Å². The lowest BCUT2D eigenvalue weighted by Gasteiger charge is -2.20. The zero-order valence-electron chi connectivity index (χ0n) is 51.3. The first-order chi connectivity index (χ1) is 47.5. The highest BCUT2D eigenvalue weighted by Crippen LogP contribution is 2.46. The van der Waals surface area contributed by atoms with Gasteiger partial charge in [-0.15, -0.1) is 0 Å². The van der Waals surface area contributed by atoms with Crippen molar-refractivity contribution >= 4 is 131 Å². The van der Waals surface area contributed by atoms with E-state index in [0.717, 1.165) is 154 Å². The van der Waals surface area contributed by atoms with Gasteiger partial charge in [-0.2, -0.15) is 15.8 Å². The Labute approximate surface area is 548 Å². The van der Waals surface area contributed by atoms with Crippen molar-refractivity contribution in [3.05, 3.63) is 314 Å². The molecular formula is C87H49N9. The lowest BCUT2D eigenvalue weighted by atomic mass is 9.97. The molecule has 6 heterocycles. The standard InChI is InChI=1S/C87H49N9/c88-50-53-41-54(51-89)43-55(42-53)56-44-82(95-84-46-57(91-74-25-9-1-17-61(74)62-18-2-10-26-75(62)91)33-37-69(84)70-38-34-58(47-85(70)95)92-76-27-11-3-19-63(76)64-20-4-12-28-77(64)92)73(52-90)83(45-56)96-86-48-59(93-78-29-13-5-21-65(78)66-22-6-14-30-79(66)93)35-39-71(86)72-40-36-60(49-87(72)96)94-80-31-15-7-23-67(80)68-24-8-16-32-81(68)94/h1-49H. The summed E-state index contributed by atoms with van der Waals surface area (Å²) in [5.74, 6) is 0. The molecule has 20 aromatic rings. The van der Waals surface area contributed by atoms with Gasteiger partial charge < -0.3 is 27.4 Å². The fourth-order valence-electron chi connectivity index (χ4n) is 16.0. The first kappa shape index (κ1) is 53.1. The van der Waals surface area contributed by atoms with Gasteiger partial charge in [-0.05, 0) is 139 Å². The lowest BCUT2D eigenvalue weighted by Crippen LogP contribution is -2.06. The topological polar surface area (TPSA) is 101 Å². The van der Waals surface area contributed by atoms with Crippen LogP contribution < -0.4 is 0 Å².